The zero-order valence-electron chi connectivity index (χ0n) is 51.4. The molecule has 0 aromatic carbocycles. The maximum atomic E-state index is 14.2. The van der Waals surface area contributed by atoms with Gasteiger partial charge < -0.3 is 62.7 Å². The van der Waals surface area contributed by atoms with E-state index in [1.165, 1.54) is 52.5 Å². The summed E-state index contributed by atoms with van der Waals surface area (Å²) in [5, 5.41) is 35.8. The number of rotatable bonds is 34. The molecule has 1 rings (SSSR count). The highest BCUT2D eigenvalue weighted by atomic mass is 16.6. The van der Waals surface area contributed by atoms with Gasteiger partial charge in [0.25, 0.3) is 0 Å². The summed E-state index contributed by atoms with van der Waals surface area (Å²) in [6.07, 6.45) is 4.74. The molecule has 1 fully saturated rings. The highest BCUT2D eigenvalue weighted by Crippen LogP contribution is 2.25. The number of aliphatic hydroxyl groups is 1. The van der Waals surface area contributed by atoms with E-state index in [1.807, 2.05) is 75.3 Å². The van der Waals surface area contributed by atoms with Gasteiger partial charge in [-0.1, -0.05) is 88.7 Å². The Morgan fingerprint density at radius 1 is 0.650 bits per heavy atom. The number of nitrogens with zero attached hydrogens (tertiary/aromatic N) is 1. The molecule has 1 aliphatic heterocycles. The molecule has 0 aliphatic carbocycles. The average Bonchev–Trinajstić information content (AvgIpc) is 3.74. The summed E-state index contributed by atoms with van der Waals surface area (Å²) in [6, 6.07) is -6.17. The third-order valence-electron chi connectivity index (χ3n) is 13.9. The molecule has 9 atom stereocenters. The fourth-order valence-corrected chi connectivity index (χ4v) is 8.74. The number of carbonyl (C=O) groups excluding carboxylic acids is 10. The van der Waals surface area contributed by atoms with Crippen LogP contribution >= 0.6 is 0 Å². The van der Waals surface area contributed by atoms with Gasteiger partial charge in [0.2, 0.25) is 59.1 Å². The topological polar surface area (TPSA) is 338 Å². The van der Waals surface area contributed by atoms with Crippen LogP contribution in [0.25, 0.3) is 0 Å². The number of nitrogens with two attached hydrogens (primary N) is 1. The van der Waals surface area contributed by atoms with Crippen molar-refractivity contribution in [1.29, 1.82) is 0 Å². The Hall–Kier alpha value is -5.68. The number of likely N-dealkylation sites (tertiary alicyclic amines) is 1. The van der Waals surface area contributed by atoms with E-state index in [0.29, 0.717) is 32.4 Å². The van der Waals surface area contributed by atoms with Crippen molar-refractivity contribution in [3.8, 4) is 0 Å². The van der Waals surface area contributed by atoms with Crippen molar-refractivity contribution < 1.29 is 57.9 Å². The Bertz CT molecular complexity index is 2130. The number of nitrogens with one attached hydrogen (secondary N) is 9. The minimum absolute atomic E-state index is 0.00205. The van der Waals surface area contributed by atoms with E-state index in [1.54, 1.807) is 13.8 Å². The van der Waals surface area contributed by atoms with E-state index < -0.39 is 106 Å². The van der Waals surface area contributed by atoms with Crippen LogP contribution in [-0.2, 0) is 52.8 Å². The van der Waals surface area contributed by atoms with Crippen molar-refractivity contribution in [1.82, 2.24) is 52.8 Å². The van der Waals surface area contributed by atoms with E-state index in [-0.39, 0.29) is 79.7 Å². The average molecular weight is 1130 g/mol. The number of hydrogen-bond donors (Lipinski definition) is 11. The molecule has 0 aromatic rings. The largest absolute Gasteiger partial charge is 0.390 e. The van der Waals surface area contributed by atoms with Crippen LogP contribution in [0, 0.1) is 35.5 Å². The van der Waals surface area contributed by atoms with Crippen LogP contribution in [0.2, 0.25) is 0 Å². The third-order valence-corrected chi connectivity index (χ3v) is 13.9. The first kappa shape index (κ1) is 72.3. The molecule has 0 radical (unpaired) electrons. The Balaban J connectivity index is 3.26. The highest BCUT2D eigenvalue weighted by Gasteiger charge is 2.43. The molecular weight excluding hydrogens is 1030 g/mol. The molecule has 10 amide bonds. The smallest absolute Gasteiger partial charge is 0.246 e. The third kappa shape index (κ3) is 25.0. The van der Waals surface area contributed by atoms with Crippen LogP contribution in [0.3, 0.4) is 0 Å². The van der Waals surface area contributed by atoms with E-state index in [2.05, 4.69) is 52.7 Å². The van der Waals surface area contributed by atoms with Crippen molar-refractivity contribution >= 4 is 59.1 Å². The normalized spacial score (nSPS) is 17.7. The quantitative estimate of drug-likeness (QED) is 0.0251. The van der Waals surface area contributed by atoms with Crippen molar-refractivity contribution in [2.24, 2.45) is 41.4 Å². The summed E-state index contributed by atoms with van der Waals surface area (Å²) in [5.41, 5.74) is -4.85. The Kier molecular flexibility index (Phi) is 30.1. The van der Waals surface area contributed by atoms with Gasteiger partial charge in [0.15, 0.2) is 0 Å². The van der Waals surface area contributed by atoms with Gasteiger partial charge in [-0.2, -0.15) is 0 Å². The maximum absolute atomic E-state index is 14.2. The molecule has 9 unspecified atom stereocenters. The van der Waals surface area contributed by atoms with Crippen molar-refractivity contribution in [3.05, 3.63) is 12.2 Å². The van der Waals surface area contributed by atoms with Gasteiger partial charge in [0.1, 0.15) is 46.8 Å². The van der Waals surface area contributed by atoms with Gasteiger partial charge in [0.05, 0.1) is 12.7 Å². The Labute approximate surface area is 476 Å². The lowest BCUT2D eigenvalue weighted by molar-refractivity contribution is -0.140. The predicted molar refractivity (Wildman–Crippen MR) is 306 cm³/mol. The molecule has 1 saturated heterocycles. The summed E-state index contributed by atoms with van der Waals surface area (Å²) in [7, 11) is 0. The fourth-order valence-electron chi connectivity index (χ4n) is 8.74. The first-order chi connectivity index (χ1) is 36.9. The second-order valence-corrected chi connectivity index (χ2v) is 25.1. The number of allylic oxidation sites excluding steroid dienone is 1. The number of carbonyl (C=O) groups is 10. The lowest BCUT2D eigenvalue weighted by Gasteiger charge is -2.34. The second kappa shape index (κ2) is 33.3. The molecule has 80 heavy (non-hydrogen) atoms. The highest BCUT2D eigenvalue weighted by molar-refractivity contribution is 6.00. The molecular formula is C57H103N11O12. The zero-order valence-corrected chi connectivity index (χ0v) is 51.4. The lowest BCUT2D eigenvalue weighted by atomic mass is 9.95. The van der Waals surface area contributed by atoms with Crippen LogP contribution in [0.15, 0.2) is 12.2 Å². The van der Waals surface area contributed by atoms with Crippen LogP contribution < -0.4 is 53.7 Å². The first-order valence-electron chi connectivity index (χ1n) is 28.6. The molecule has 0 spiro atoms. The second-order valence-electron chi connectivity index (χ2n) is 25.1. The standard InChI is InChI=1S/C57H103N11O12/c1-19-36(10)22-23-44(70)68-31-37(11)30-42(68)50(75)62-39(27-32(2)3)48(73)64-45(46(71)35(8)9)51(76)66-56(15,16)53(78)63-40(28-33(4)5)47(72)61-41(29-34(6)7)49(74)65-57(17,18)54(79)67-55(13,14)52(77)59-25-24-43(69)60-38(12)21-20-26-80-58/h22-23,32-42,45-46,71H,19-21,24-31,58H2,1-18H3,(H,59,77)(H,60,69)(H,61,72)(H,62,75)(H,63,78)(H,64,73)(H,65,74)(H,66,76)(H,67,79). The van der Waals surface area contributed by atoms with Gasteiger partial charge in [-0.15, -0.1) is 0 Å². The predicted octanol–water partition coefficient (Wildman–Crippen LogP) is 2.29. The Morgan fingerprint density at radius 2 is 1.15 bits per heavy atom. The Morgan fingerprint density at radius 3 is 1.68 bits per heavy atom. The van der Waals surface area contributed by atoms with Crippen LogP contribution in [0.1, 0.15) is 176 Å². The number of aliphatic hydroxyl groups excluding tert-OH is 1. The molecule has 458 valence electrons. The fraction of sp³-hybridized carbons (Fsp3) is 0.789. The summed E-state index contributed by atoms with van der Waals surface area (Å²) in [6.45, 7) is 31.4. The minimum atomic E-state index is -1.76. The maximum Gasteiger partial charge on any atom is 0.246 e. The molecule has 23 nitrogen and oxygen atoms in total. The molecule has 0 bridgehead atoms. The number of hydrogen-bond acceptors (Lipinski definition) is 13. The van der Waals surface area contributed by atoms with Gasteiger partial charge in [0, 0.05) is 25.6 Å². The molecule has 1 aliphatic rings. The van der Waals surface area contributed by atoms with Gasteiger partial charge >= 0.3 is 0 Å². The molecule has 23 heteroatoms. The van der Waals surface area contributed by atoms with E-state index >= 15 is 0 Å². The first-order valence-corrected chi connectivity index (χ1v) is 28.6. The number of amides is 10. The van der Waals surface area contributed by atoms with E-state index in [9.17, 15) is 53.1 Å². The van der Waals surface area contributed by atoms with Gasteiger partial charge in [-0.3, -0.25) is 47.9 Å². The van der Waals surface area contributed by atoms with E-state index in [0.717, 1.165) is 6.42 Å². The SMILES string of the molecule is CCC(C)C=CC(=O)N1CC(C)CC1C(=O)NC(CC(C)C)C(=O)NC(C(=O)NC(C)(C)C(=O)NC(CC(C)C)C(=O)NC(CC(C)C)C(=O)NC(C)(C)C(=O)NC(C)(C)C(=O)NCCC(=O)NC(C)CCCON)C(O)C(C)C. The van der Waals surface area contributed by atoms with E-state index in [4.69, 9.17) is 5.90 Å². The monoisotopic (exact) mass is 1130 g/mol. The summed E-state index contributed by atoms with van der Waals surface area (Å²) in [5.74, 6) is -2.06. The molecule has 1 heterocycles. The van der Waals surface area contributed by atoms with Crippen LogP contribution in [0.5, 0.6) is 0 Å². The van der Waals surface area contributed by atoms with Gasteiger partial charge in [-0.25, -0.2) is 5.90 Å². The molecule has 0 saturated carbocycles. The van der Waals surface area contributed by atoms with Crippen molar-refractivity contribution in [2.45, 2.75) is 235 Å². The summed E-state index contributed by atoms with van der Waals surface area (Å²) >= 11 is 0. The summed E-state index contributed by atoms with van der Waals surface area (Å²) in [4.78, 5) is 143. The van der Waals surface area contributed by atoms with Crippen molar-refractivity contribution in [3.63, 3.8) is 0 Å². The molecule has 12 N–H and O–H groups in total. The zero-order chi connectivity index (χ0) is 61.6. The minimum Gasteiger partial charge on any atom is -0.390 e. The van der Waals surface area contributed by atoms with Crippen LogP contribution in [0.4, 0.5) is 0 Å². The summed E-state index contributed by atoms with van der Waals surface area (Å²) < 4.78 is 0. The van der Waals surface area contributed by atoms with Crippen molar-refractivity contribution in [2.75, 3.05) is 19.7 Å². The van der Waals surface area contributed by atoms with Gasteiger partial charge in [-0.05, 0) is 129 Å². The van der Waals surface area contributed by atoms with Crippen LogP contribution in [-0.4, -0.2) is 148 Å². The lowest BCUT2D eigenvalue weighted by Crippen LogP contribution is -2.66. The molecule has 0 aromatic heterocycles.